The molecule has 0 saturated carbocycles. The van der Waals surface area contributed by atoms with Crippen LogP contribution in [0.25, 0.3) is 0 Å². The number of phenols is 1. The highest BCUT2D eigenvalue weighted by Gasteiger charge is 2.20. The summed E-state index contributed by atoms with van der Waals surface area (Å²) in [5.74, 6) is -0.502. The number of Topliss-reactive ketones (excluding diaryl/α,β-unsaturated/α-hetero) is 1. The monoisotopic (exact) mass is 305 g/mol. The SMILES string of the molecule is CN(C)c1ccc(C(=O)C(O)c2ccc(O)c(Cl)c2)cc1. The summed E-state index contributed by atoms with van der Waals surface area (Å²) < 4.78 is 0. The lowest BCUT2D eigenvalue weighted by Gasteiger charge is -2.14. The number of anilines is 1. The number of hydrogen-bond donors (Lipinski definition) is 2. The molecule has 0 fully saturated rings. The summed E-state index contributed by atoms with van der Waals surface area (Å²) in [5.41, 5.74) is 1.73. The molecule has 0 aromatic heterocycles. The lowest BCUT2D eigenvalue weighted by molar-refractivity contribution is 0.0747. The minimum Gasteiger partial charge on any atom is -0.506 e. The van der Waals surface area contributed by atoms with Crippen LogP contribution in [0.2, 0.25) is 5.02 Å². The molecule has 0 spiro atoms. The van der Waals surface area contributed by atoms with Crippen molar-refractivity contribution in [3.8, 4) is 5.75 Å². The first-order chi connectivity index (χ1) is 9.90. The predicted molar refractivity (Wildman–Crippen MR) is 83.2 cm³/mol. The zero-order valence-electron chi connectivity index (χ0n) is 11.7. The van der Waals surface area contributed by atoms with Crippen molar-refractivity contribution in [1.82, 2.24) is 0 Å². The Labute approximate surface area is 128 Å². The Morgan fingerprint density at radius 2 is 1.76 bits per heavy atom. The summed E-state index contributed by atoms with van der Waals surface area (Å²) in [6.45, 7) is 0. The van der Waals surface area contributed by atoms with Gasteiger partial charge in [0.05, 0.1) is 5.02 Å². The maximum Gasteiger partial charge on any atom is 0.195 e. The maximum absolute atomic E-state index is 12.3. The molecule has 2 rings (SSSR count). The van der Waals surface area contributed by atoms with Gasteiger partial charge < -0.3 is 15.1 Å². The molecule has 0 saturated heterocycles. The number of hydrogen-bond acceptors (Lipinski definition) is 4. The van der Waals surface area contributed by atoms with Crippen LogP contribution in [0.1, 0.15) is 22.0 Å². The topological polar surface area (TPSA) is 60.8 Å². The summed E-state index contributed by atoms with van der Waals surface area (Å²) >= 11 is 5.79. The van der Waals surface area contributed by atoms with Crippen molar-refractivity contribution in [1.29, 1.82) is 0 Å². The van der Waals surface area contributed by atoms with Gasteiger partial charge in [-0.25, -0.2) is 0 Å². The summed E-state index contributed by atoms with van der Waals surface area (Å²) in [6.07, 6.45) is -1.31. The molecule has 0 heterocycles. The number of carbonyl (C=O) groups is 1. The summed E-state index contributed by atoms with van der Waals surface area (Å²) in [5, 5.41) is 19.6. The van der Waals surface area contributed by atoms with E-state index in [2.05, 4.69) is 0 Å². The summed E-state index contributed by atoms with van der Waals surface area (Å²) in [6, 6.07) is 11.2. The quantitative estimate of drug-likeness (QED) is 0.852. The number of aliphatic hydroxyl groups is 1. The number of benzene rings is 2. The molecule has 0 aliphatic carbocycles. The van der Waals surface area contributed by atoms with Crippen molar-refractivity contribution in [2.45, 2.75) is 6.10 Å². The van der Waals surface area contributed by atoms with Gasteiger partial charge in [0.25, 0.3) is 0 Å². The lowest BCUT2D eigenvalue weighted by atomic mass is 9.99. The van der Waals surface area contributed by atoms with E-state index in [9.17, 15) is 15.0 Å². The average molecular weight is 306 g/mol. The highest BCUT2D eigenvalue weighted by atomic mass is 35.5. The van der Waals surface area contributed by atoms with Crippen molar-refractivity contribution in [3.05, 3.63) is 58.6 Å². The molecule has 110 valence electrons. The minimum absolute atomic E-state index is 0.0876. The molecule has 2 aromatic rings. The van der Waals surface area contributed by atoms with Gasteiger partial charge in [0.15, 0.2) is 5.78 Å². The van der Waals surface area contributed by atoms with Crippen LogP contribution in [-0.4, -0.2) is 30.1 Å². The molecule has 0 amide bonds. The van der Waals surface area contributed by atoms with Crippen molar-refractivity contribution in [2.24, 2.45) is 0 Å². The number of ketones is 1. The van der Waals surface area contributed by atoms with Crippen LogP contribution in [0.5, 0.6) is 5.75 Å². The van der Waals surface area contributed by atoms with Gasteiger partial charge in [-0.2, -0.15) is 0 Å². The lowest BCUT2D eigenvalue weighted by Crippen LogP contribution is -2.13. The number of carbonyl (C=O) groups excluding carboxylic acids is 1. The van der Waals surface area contributed by atoms with Gasteiger partial charge in [0, 0.05) is 25.3 Å². The Morgan fingerprint density at radius 3 is 2.29 bits per heavy atom. The van der Waals surface area contributed by atoms with Crippen LogP contribution in [0.4, 0.5) is 5.69 Å². The van der Waals surface area contributed by atoms with Gasteiger partial charge in [-0.15, -0.1) is 0 Å². The molecule has 1 atom stereocenters. The fraction of sp³-hybridized carbons (Fsp3) is 0.188. The molecular formula is C16H16ClNO3. The third kappa shape index (κ3) is 3.35. The first-order valence-corrected chi connectivity index (χ1v) is 6.76. The molecular weight excluding hydrogens is 290 g/mol. The normalized spacial score (nSPS) is 12.0. The van der Waals surface area contributed by atoms with E-state index in [-0.39, 0.29) is 10.8 Å². The number of nitrogens with zero attached hydrogens (tertiary/aromatic N) is 1. The first-order valence-electron chi connectivity index (χ1n) is 6.38. The molecule has 2 aromatic carbocycles. The van der Waals surface area contributed by atoms with Gasteiger partial charge in [-0.05, 0) is 42.0 Å². The third-order valence-corrected chi connectivity index (χ3v) is 3.51. The van der Waals surface area contributed by atoms with Crippen LogP contribution in [0, 0.1) is 0 Å². The van der Waals surface area contributed by atoms with E-state index in [4.69, 9.17) is 11.6 Å². The smallest absolute Gasteiger partial charge is 0.195 e. The average Bonchev–Trinajstić information content (AvgIpc) is 2.48. The highest BCUT2D eigenvalue weighted by Crippen LogP contribution is 2.28. The second-order valence-corrected chi connectivity index (χ2v) is 5.33. The Morgan fingerprint density at radius 1 is 1.14 bits per heavy atom. The van der Waals surface area contributed by atoms with Gasteiger partial charge in [-0.1, -0.05) is 17.7 Å². The molecule has 0 bridgehead atoms. The first kappa shape index (κ1) is 15.4. The molecule has 2 N–H and O–H groups in total. The molecule has 5 heteroatoms. The third-order valence-electron chi connectivity index (χ3n) is 3.20. The molecule has 0 aliphatic rings. The van der Waals surface area contributed by atoms with E-state index < -0.39 is 11.9 Å². The van der Waals surface area contributed by atoms with Gasteiger partial charge in [0.2, 0.25) is 0 Å². The molecule has 0 aliphatic heterocycles. The summed E-state index contributed by atoms with van der Waals surface area (Å²) in [4.78, 5) is 14.2. The number of halogens is 1. The van der Waals surface area contributed by atoms with E-state index in [1.807, 2.05) is 31.1 Å². The van der Waals surface area contributed by atoms with Crippen molar-refractivity contribution < 1.29 is 15.0 Å². The maximum atomic E-state index is 12.3. The van der Waals surface area contributed by atoms with E-state index >= 15 is 0 Å². The second-order valence-electron chi connectivity index (χ2n) is 4.92. The van der Waals surface area contributed by atoms with Crippen molar-refractivity contribution in [3.63, 3.8) is 0 Å². The molecule has 1 unspecified atom stereocenters. The number of aliphatic hydroxyl groups excluding tert-OH is 1. The van der Waals surface area contributed by atoms with Gasteiger partial charge >= 0.3 is 0 Å². The zero-order chi connectivity index (χ0) is 15.6. The van der Waals surface area contributed by atoms with E-state index in [0.717, 1.165) is 5.69 Å². The van der Waals surface area contributed by atoms with E-state index in [1.165, 1.54) is 18.2 Å². The number of aromatic hydroxyl groups is 1. The predicted octanol–water partition coefficient (Wildman–Crippen LogP) is 3.03. The Hall–Kier alpha value is -2.04. The Kier molecular flexibility index (Phi) is 4.50. The number of rotatable bonds is 4. The van der Waals surface area contributed by atoms with Crippen LogP contribution in [0.15, 0.2) is 42.5 Å². The molecule has 21 heavy (non-hydrogen) atoms. The fourth-order valence-electron chi connectivity index (χ4n) is 1.93. The van der Waals surface area contributed by atoms with Gasteiger partial charge in [-0.3, -0.25) is 4.79 Å². The Balaban J connectivity index is 2.24. The minimum atomic E-state index is -1.31. The van der Waals surface area contributed by atoms with Crippen LogP contribution in [0.3, 0.4) is 0 Å². The molecule has 0 radical (unpaired) electrons. The molecule has 4 nitrogen and oxygen atoms in total. The van der Waals surface area contributed by atoms with Crippen molar-refractivity contribution in [2.75, 3.05) is 19.0 Å². The Bertz CT molecular complexity index is 653. The second kappa shape index (κ2) is 6.16. The van der Waals surface area contributed by atoms with E-state index in [1.54, 1.807) is 12.1 Å². The fourth-order valence-corrected chi connectivity index (χ4v) is 2.12. The zero-order valence-corrected chi connectivity index (χ0v) is 12.5. The van der Waals surface area contributed by atoms with Crippen LogP contribution >= 0.6 is 11.6 Å². The number of phenolic OH excluding ortho intramolecular Hbond substituents is 1. The van der Waals surface area contributed by atoms with Crippen LogP contribution < -0.4 is 4.90 Å². The summed E-state index contributed by atoms with van der Waals surface area (Å²) in [7, 11) is 3.81. The van der Waals surface area contributed by atoms with Crippen molar-refractivity contribution >= 4 is 23.1 Å². The standard InChI is InChI=1S/C16H16ClNO3/c1-18(2)12-6-3-10(4-7-12)15(20)16(21)11-5-8-14(19)13(17)9-11/h3-9,16,19,21H,1-2H3. The largest absolute Gasteiger partial charge is 0.506 e. The van der Waals surface area contributed by atoms with Gasteiger partial charge in [0.1, 0.15) is 11.9 Å². The van der Waals surface area contributed by atoms with E-state index in [0.29, 0.717) is 11.1 Å². The highest BCUT2D eigenvalue weighted by molar-refractivity contribution is 6.32. The van der Waals surface area contributed by atoms with Crippen LogP contribution in [-0.2, 0) is 0 Å².